The maximum absolute atomic E-state index is 11.0. The third-order valence-corrected chi connectivity index (χ3v) is 2.63. The molecule has 0 spiro atoms. The van der Waals surface area contributed by atoms with Crippen LogP contribution >= 0.6 is 0 Å². The van der Waals surface area contributed by atoms with E-state index in [1.807, 2.05) is 13.8 Å². The number of rotatable bonds is 4. The maximum atomic E-state index is 11.0. The second kappa shape index (κ2) is 4.99. The highest BCUT2D eigenvalue weighted by atomic mass is 16.4. The lowest BCUT2D eigenvalue weighted by atomic mass is 9.93. The number of benzene rings is 1. The number of hydrogen-bond donors (Lipinski definition) is 3. The molecule has 0 amide bonds. The van der Waals surface area contributed by atoms with Gasteiger partial charge in [-0.2, -0.15) is 0 Å². The molecule has 1 aromatic carbocycles. The first-order chi connectivity index (χ1) is 7.47. The molecule has 0 aliphatic carbocycles. The van der Waals surface area contributed by atoms with Gasteiger partial charge in [0.05, 0.1) is 5.92 Å². The summed E-state index contributed by atoms with van der Waals surface area (Å²) in [5.74, 6) is -1.59. The Balaban J connectivity index is 3.19. The molecule has 16 heavy (non-hydrogen) atoms. The van der Waals surface area contributed by atoms with Crippen molar-refractivity contribution in [3.8, 4) is 5.75 Å². The SMILES string of the molecule is CC(C)c1ccc(O)c(C(CN)C(=O)O)c1. The van der Waals surface area contributed by atoms with Crippen LogP contribution in [0.2, 0.25) is 0 Å². The zero-order valence-corrected chi connectivity index (χ0v) is 9.47. The van der Waals surface area contributed by atoms with E-state index in [-0.39, 0.29) is 18.2 Å². The second-order valence-corrected chi connectivity index (χ2v) is 4.10. The Morgan fingerprint density at radius 1 is 1.44 bits per heavy atom. The molecule has 0 fully saturated rings. The molecule has 4 nitrogen and oxygen atoms in total. The van der Waals surface area contributed by atoms with E-state index in [2.05, 4.69) is 0 Å². The molecule has 0 aliphatic rings. The molecule has 1 atom stereocenters. The van der Waals surface area contributed by atoms with Crippen molar-refractivity contribution in [3.05, 3.63) is 29.3 Å². The lowest BCUT2D eigenvalue weighted by Crippen LogP contribution is -2.21. The number of aromatic hydroxyl groups is 1. The molecule has 1 aromatic rings. The minimum atomic E-state index is -1.02. The number of nitrogens with two attached hydrogens (primary N) is 1. The Kier molecular flexibility index (Phi) is 3.90. The Hall–Kier alpha value is -1.55. The predicted molar refractivity (Wildman–Crippen MR) is 61.6 cm³/mol. The van der Waals surface area contributed by atoms with Gasteiger partial charge in [-0.25, -0.2) is 0 Å². The van der Waals surface area contributed by atoms with Crippen molar-refractivity contribution in [1.29, 1.82) is 0 Å². The van der Waals surface area contributed by atoms with Crippen molar-refractivity contribution in [2.24, 2.45) is 5.73 Å². The van der Waals surface area contributed by atoms with Gasteiger partial charge in [0.25, 0.3) is 0 Å². The van der Waals surface area contributed by atoms with Gasteiger partial charge in [0.15, 0.2) is 0 Å². The Bertz CT molecular complexity index is 388. The monoisotopic (exact) mass is 223 g/mol. The van der Waals surface area contributed by atoms with Crippen LogP contribution in [0.1, 0.15) is 36.8 Å². The number of phenolic OH excluding ortho intramolecular Hbond substituents is 1. The number of phenols is 1. The van der Waals surface area contributed by atoms with Crippen LogP contribution in [0.4, 0.5) is 0 Å². The Morgan fingerprint density at radius 3 is 2.50 bits per heavy atom. The van der Waals surface area contributed by atoms with Crippen LogP contribution in [0.15, 0.2) is 18.2 Å². The van der Waals surface area contributed by atoms with Gasteiger partial charge in [-0.1, -0.05) is 26.0 Å². The van der Waals surface area contributed by atoms with Crippen molar-refractivity contribution >= 4 is 5.97 Å². The number of aliphatic carboxylic acids is 1. The quantitative estimate of drug-likeness (QED) is 0.724. The van der Waals surface area contributed by atoms with Crippen molar-refractivity contribution < 1.29 is 15.0 Å². The third kappa shape index (κ3) is 2.52. The molecule has 0 saturated carbocycles. The van der Waals surface area contributed by atoms with E-state index in [1.165, 1.54) is 6.07 Å². The van der Waals surface area contributed by atoms with Crippen molar-refractivity contribution in [2.45, 2.75) is 25.7 Å². The van der Waals surface area contributed by atoms with Crippen LogP contribution in [-0.4, -0.2) is 22.7 Å². The standard InChI is InChI=1S/C12H17NO3/c1-7(2)8-3-4-11(14)9(5-8)10(6-13)12(15)16/h3-5,7,10,14H,6,13H2,1-2H3,(H,15,16). The summed E-state index contributed by atoms with van der Waals surface area (Å²) in [5.41, 5.74) is 6.79. The van der Waals surface area contributed by atoms with Crippen molar-refractivity contribution in [2.75, 3.05) is 6.54 Å². The van der Waals surface area contributed by atoms with Gasteiger partial charge < -0.3 is 15.9 Å². The van der Waals surface area contributed by atoms with Crippen LogP contribution in [0.3, 0.4) is 0 Å². The first-order valence-electron chi connectivity index (χ1n) is 5.23. The zero-order chi connectivity index (χ0) is 12.3. The topological polar surface area (TPSA) is 83.5 Å². The third-order valence-electron chi connectivity index (χ3n) is 2.63. The van der Waals surface area contributed by atoms with E-state index in [4.69, 9.17) is 10.8 Å². The van der Waals surface area contributed by atoms with Crippen molar-refractivity contribution in [3.63, 3.8) is 0 Å². The minimum Gasteiger partial charge on any atom is -0.508 e. The summed E-state index contributed by atoms with van der Waals surface area (Å²) in [6, 6.07) is 5.03. The zero-order valence-electron chi connectivity index (χ0n) is 9.47. The number of carboxylic acids is 1. The van der Waals surface area contributed by atoms with Gasteiger partial charge >= 0.3 is 5.97 Å². The van der Waals surface area contributed by atoms with Crippen molar-refractivity contribution in [1.82, 2.24) is 0 Å². The summed E-state index contributed by atoms with van der Waals surface area (Å²) < 4.78 is 0. The molecular formula is C12H17NO3. The maximum Gasteiger partial charge on any atom is 0.312 e. The van der Waals surface area contributed by atoms with E-state index in [9.17, 15) is 9.90 Å². The van der Waals surface area contributed by atoms with Crippen LogP contribution in [0.25, 0.3) is 0 Å². The second-order valence-electron chi connectivity index (χ2n) is 4.10. The van der Waals surface area contributed by atoms with Gasteiger partial charge in [0.1, 0.15) is 5.75 Å². The summed E-state index contributed by atoms with van der Waals surface area (Å²) in [6.07, 6.45) is 0. The molecule has 1 unspecified atom stereocenters. The molecular weight excluding hydrogens is 206 g/mol. The molecule has 0 bridgehead atoms. The highest BCUT2D eigenvalue weighted by Crippen LogP contribution is 2.29. The average Bonchev–Trinajstić information content (AvgIpc) is 2.20. The summed E-state index contributed by atoms with van der Waals surface area (Å²) in [7, 11) is 0. The Morgan fingerprint density at radius 2 is 2.06 bits per heavy atom. The average molecular weight is 223 g/mol. The van der Waals surface area contributed by atoms with Gasteiger partial charge in [0.2, 0.25) is 0 Å². The fraction of sp³-hybridized carbons (Fsp3) is 0.417. The van der Waals surface area contributed by atoms with Crippen LogP contribution < -0.4 is 5.73 Å². The summed E-state index contributed by atoms with van der Waals surface area (Å²) in [4.78, 5) is 11.0. The summed E-state index contributed by atoms with van der Waals surface area (Å²) >= 11 is 0. The highest BCUT2D eigenvalue weighted by Gasteiger charge is 2.21. The van der Waals surface area contributed by atoms with Gasteiger partial charge in [0, 0.05) is 12.1 Å². The van der Waals surface area contributed by atoms with E-state index < -0.39 is 11.9 Å². The number of carboxylic acid groups (broad SMARTS) is 1. The van der Waals surface area contributed by atoms with E-state index in [0.29, 0.717) is 5.56 Å². The first kappa shape index (κ1) is 12.5. The molecule has 0 aliphatic heterocycles. The molecule has 4 N–H and O–H groups in total. The van der Waals surface area contributed by atoms with E-state index >= 15 is 0 Å². The first-order valence-corrected chi connectivity index (χ1v) is 5.23. The molecule has 0 saturated heterocycles. The smallest absolute Gasteiger partial charge is 0.312 e. The lowest BCUT2D eigenvalue weighted by Gasteiger charge is -2.15. The van der Waals surface area contributed by atoms with E-state index in [1.54, 1.807) is 12.1 Å². The highest BCUT2D eigenvalue weighted by molar-refractivity contribution is 5.77. The molecule has 4 heteroatoms. The predicted octanol–water partition coefficient (Wildman–Crippen LogP) is 1.64. The van der Waals surface area contributed by atoms with Gasteiger partial charge in [-0.05, 0) is 17.5 Å². The summed E-state index contributed by atoms with van der Waals surface area (Å²) in [6.45, 7) is 3.99. The van der Waals surface area contributed by atoms with Crippen LogP contribution in [0.5, 0.6) is 5.75 Å². The Labute approximate surface area is 94.7 Å². The lowest BCUT2D eigenvalue weighted by molar-refractivity contribution is -0.138. The molecule has 1 rings (SSSR count). The minimum absolute atomic E-state index is 0.0118. The largest absolute Gasteiger partial charge is 0.508 e. The van der Waals surface area contributed by atoms with Gasteiger partial charge in [-0.3, -0.25) is 4.79 Å². The molecule has 0 radical (unpaired) electrons. The normalized spacial score (nSPS) is 12.8. The molecule has 0 heterocycles. The molecule has 0 aromatic heterocycles. The number of carbonyl (C=O) groups is 1. The van der Waals surface area contributed by atoms with Crippen LogP contribution in [-0.2, 0) is 4.79 Å². The van der Waals surface area contributed by atoms with Gasteiger partial charge in [-0.15, -0.1) is 0 Å². The molecule has 88 valence electrons. The summed E-state index contributed by atoms with van der Waals surface area (Å²) in [5, 5.41) is 18.6. The number of hydrogen-bond acceptors (Lipinski definition) is 3. The van der Waals surface area contributed by atoms with Crippen LogP contribution in [0, 0.1) is 0 Å². The fourth-order valence-corrected chi connectivity index (χ4v) is 1.57. The fourth-order valence-electron chi connectivity index (χ4n) is 1.57. The van der Waals surface area contributed by atoms with E-state index in [0.717, 1.165) is 5.56 Å².